The number of hydrogen-bond acceptors (Lipinski definition) is 6. The van der Waals surface area contributed by atoms with Gasteiger partial charge in [0.25, 0.3) is 0 Å². The molecule has 0 atom stereocenters. The highest BCUT2D eigenvalue weighted by Gasteiger charge is 2.17. The molecule has 1 N–H and O–H groups in total. The lowest BCUT2D eigenvalue weighted by molar-refractivity contribution is 0.0600. The number of methoxy groups -OCH3 is 1. The topological polar surface area (TPSA) is 97.2 Å². The van der Waals surface area contributed by atoms with Crippen molar-refractivity contribution in [3.63, 3.8) is 0 Å². The van der Waals surface area contributed by atoms with Gasteiger partial charge in [-0.05, 0) is 48.5 Å². The number of carbonyl (C=O) groups is 1. The highest BCUT2D eigenvalue weighted by molar-refractivity contribution is 5.90. The van der Waals surface area contributed by atoms with Gasteiger partial charge in [0.1, 0.15) is 17.2 Å². The van der Waals surface area contributed by atoms with Crippen molar-refractivity contribution in [2.24, 2.45) is 0 Å². The normalized spacial score (nSPS) is 10.7. The molecule has 0 bridgehead atoms. The Bertz CT molecular complexity index is 1480. The molecule has 0 saturated carbocycles. The van der Waals surface area contributed by atoms with Crippen LogP contribution in [0.2, 0.25) is 0 Å². The Labute approximate surface area is 189 Å². The summed E-state index contributed by atoms with van der Waals surface area (Å²) in [6.07, 6.45) is 7.05. The van der Waals surface area contributed by atoms with Crippen LogP contribution in [0.15, 0.2) is 85.6 Å². The number of carbonyl (C=O) groups excluding carboxylic acids is 1. The number of hydrogen-bond donors (Lipinski definition) is 1. The fourth-order valence-corrected chi connectivity index (χ4v) is 3.57. The second-order valence-corrected chi connectivity index (χ2v) is 7.28. The summed E-state index contributed by atoms with van der Waals surface area (Å²) in [6, 6.07) is 20.7. The molecule has 0 saturated heterocycles. The number of benzene rings is 2. The van der Waals surface area contributed by atoms with Crippen LogP contribution in [-0.2, 0) is 4.74 Å². The smallest absolute Gasteiger partial charge is 0.339 e. The van der Waals surface area contributed by atoms with E-state index in [1.807, 2.05) is 51.6 Å². The Morgan fingerprint density at radius 1 is 1.06 bits per heavy atom. The van der Waals surface area contributed by atoms with Crippen LogP contribution < -0.4 is 5.32 Å². The van der Waals surface area contributed by atoms with Gasteiger partial charge in [0, 0.05) is 35.5 Å². The van der Waals surface area contributed by atoms with Gasteiger partial charge in [-0.2, -0.15) is 5.26 Å². The average Bonchev–Trinajstić information content (AvgIpc) is 3.53. The van der Waals surface area contributed by atoms with Gasteiger partial charge in [0.05, 0.1) is 30.6 Å². The van der Waals surface area contributed by atoms with E-state index < -0.39 is 5.97 Å². The van der Waals surface area contributed by atoms with Gasteiger partial charge in [-0.1, -0.05) is 12.1 Å². The minimum absolute atomic E-state index is 0.410. The van der Waals surface area contributed by atoms with E-state index in [2.05, 4.69) is 16.4 Å². The first kappa shape index (κ1) is 20.0. The first-order valence-corrected chi connectivity index (χ1v) is 10.1. The number of pyridine rings is 1. The minimum atomic E-state index is -0.429. The number of ether oxygens (including phenoxy) is 1. The predicted molar refractivity (Wildman–Crippen MR) is 124 cm³/mol. The highest BCUT2D eigenvalue weighted by Crippen LogP contribution is 2.32. The second-order valence-electron chi connectivity index (χ2n) is 7.28. The third-order valence-electron chi connectivity index (χ3n) is 5.26. The number of imidazole rings is 2. The number of fused-ring (bicyclic) bond motifs is 1. The summed E-state index contributed by atoms with van der Waals surface area (Å²) in [7, 11) is 1.35. The molecule has 3 aromatic heterocycles. The monoisotopic (exact) mass is 434 g/mol. The number of nitriles is 1. The zero-order chi connectivity index (χ0) is 22.8. The van der Waals surface area contributed by atoms with E-state index in [0.29, 0.717) is 22.6 Å². The Hall–Kier alpha value is -4.90. The zero-order valence-electron chi connectivity index (χ0n) is 17.6. The Morgan fingerprint density at radius 2 is 1.85 bits per heavy atom. The van der Waals surface area contributed by atoms with Crippen LogP contribution in [0.1, 0.15) is 15.9 Å². The number of anilines is 2. The van der Waals surface area contributed by atoms with Crippen molar-refractivity contribution in [2.45, 2.75) is 0 Å². The molecule has 0 aliphatic heterocycles. The van der Waals surface area contributed by atoms with E-state index >= 15 is 0 Å². The predicted octanol–water partition coefficient (Wildman–Crippen LogP) is 4.59. The number of esters is 1. The van der Waals surface area contributed by atoms with Crippen molar-refractivity contribution in [1.82, 2.24) is 18.9 Å². The molecule has 0 spiro atoms. The highest BCUT2D eigenvalue weighted by atomic mass is 16.5. The van der Waals surface area contributed by atoms with Crippen molar-refractivity contribution < 1.29 is 9.53 Å². The summed E-state index contributed by atoms with van der Waals surface area (Å²) in [5, 5.41) is 12.5. The Morgan fingerprint density at radius 3 is 2.52 bits per heavy atom. The van der Waals surface area contributed by atoms with Gasteiger partial charge in [0.2, 0.25) is 0 Å². The Balaban J connectivity index is 1.62. The van der Waals surface area contributed by atoms with Crippen molar-refractivity contribution in [1.29, 1.82) is 5.26 Å². The van der Waals surface area contributed by atoms with Crippen LogP contribution in [0, 0.1) is 11.3 Å². The summed E-state index contributed by atoms with van der Waals surface area (Å²) in [5.41, 5.74) is 5.05. The number of rotatable bonds is 5. The van der Waals surface area contributed by atoms with Crippen LogP contribution >= 0.6 is 0 Å². The molecule has 5 aromatic rings. The fraction of sp³-hybridized carbons (Fsp3) is 0.0400. The maximum Gasteiger partial charge on any atom is 0.339 e. The second kappa shape index (κ2) is 8.32. The minimum Gasteiger partial charge on any atom is -0.465 e. The standard InChI is InChI=1S/C25H18N6O2/c1-33-25(32)19-6-11-22-29-23(18-4-9-21(10-5-18)30-13-12-27-16-30)24(31(22)15-19)28-20-7-2-17(14-26)3-8-20/h2-13,15-16,28H,1H3. The largest absolute Gasteiger partial charge is 0.465 e. The maximum absolute atomic E-state index is 12.1. The van der Waals surface area contributed by atoms with Gasteiger partial charge in [-0.3, -0.25) is 4.40 Å². The van der Waals surface area contributed by atoms with Crippen LogP contribution in [0.4, 0.5) is 11.5 Å². The van der Waals surface area contributed by atoms with Gasteiger partial charge in [-0.25, -0.2) is 14.8 Å². The fourth-order valence-electron chi connectivity index (χ4n) is 3.57. The number of nitrogens with one attached hydrogen (secondary N) is 1. The molecule has 0 unspecified atom stereocenters. The van der Waals surface area contributed by atoms with Crippen LogP contribution in [0.25, 0.3) is 22.6 Å². The van der Waals surface area contributed by atoms with Crippen molar-refractivity contribution in [3.05, 3.63) is 96.7 Å². The van der Waals surface area contributed by atoms with E-state index in [4.69, 9.17) is 15.0 Å². The molecular formula is C25H18N6O2. The molecular weight excluding hydrogens is 416 g/mol. The molecule has 0 aliphatic carbocycles. The van der Waals surface area contributed by atoms with E-state index in [0.717, 1.165) is 22.6 Å². The summed E-state index contributed by atoms with van der Waals surface area (Å²) in [6.45, 7) is 0. The maximum atomic E-state index is 12.1. The molecule has 8 nitrogen and oxygen atoms in total. The molecule has 3 heterocycles. The summed E-state index contributed by atoms with van der Waals surface area (Å²) in [5.74, 6) is 0.261. The third kappa shape index (κ3) is 3.79. The molecule has 0 fully saturated rings. The molecule has 5 rings (SSSR count). The van der Waals surface area contributed by atoms with E-state index in [9.17, 15) is 4.79 Å². The number of aromatic nitrogens is 4. The van der Waals surface area contributed by atoms with Gasteiger partial charge < -0.3 is 14.6 Å². The molecule has 33 heavy (non-hydrogen) atoms. The molecule has 0 radical (unpaired) electrons. The molecule has 8 heteroatoms. The summed E-state index contributed by atoms with van der Waals surface area (Å²) < 4.78 is 8.62. The van der Waals surface area contributed by atoms with Gasteiger partial charge in [-0.15, -0.1) is 0 Å². The SMILES string of the molecule is COC(=O)c1ccc2nc(-c3ccc(-n4ccnc4)cc3)c(Nc3ccc(C#N)cc3)n2c1. The molecule has 160 valence electrons. The van der Waals surface area contributed by atoms with E-state index in [-0.39, 0.29) is 0 Å². The van der Waals surface area contributed by atoms with Gasteiger partial charge >= 0.3 is 5.97 Å². The molecule has 0 aliphatic rings. The zero-order valence-corrected chi connectivity index (χ0v) is 17.6. The van der Waals surface area contributed by atoms with Crippen LogP contribution in [0.5, 0.6) is 0 Å². The first-order chi connectivity index (χ1) is 16.2. The number of nitrogens with zero attached hydrogens (tertiary/aromatic N) is 5. The van der Waals surface area contributed by atoms with Gasteiger partial charge in [0.15, 0.2) is 0 Å². The van der Waals surface area contributed by atoms with Crippen LogP contribution in [-0.4, -0.2) is 32.0 Å². The van der Waals surface area contributed by atoms with Crippen LogP contribution in [0.3, 0.4) is 0 Å². The van der Waals surface area contributed by atoms with Crippen molar-refractivity contribution in [2.75, 3.05) is 12.4 Å². The third-order valence-corrected chi connectivity index (χ3v) is 5.26. The lowest BCUT2D eigenvalue weighted by Gasteiger charge is -2.10. The molecule has 0 amide bonds. The van der Waals surface area contributed by atoms with E-state index in [1.54, 1.807) is 43.0 Å². The lowest BCUT2D eigenvalue weighted by Crippen LogP contribution is -2.04. The van der Waals surface area contributed by atoms with Crippen molar-refractivity contribution >= 4 is 23.1 Å². The van der Waals surface area contributed by atoms with E-state index in [1.165, 1.54) is 7.11 Å². The average molecular weight is 434 g/mol. The quantitative estimate of drug-likeness (QED) is 0.407. The summed E-state index contributed by atoms with van der Waals surface area (Å²) in [4.78, 5) is 21.0. The van der Waals surface area contributed by atoms with Crippen molar-refractivity contribution in [3.8, 4) is 23.0 Å². The summed E-state index contributed by atoms with van der Waals surface area (Å²) >= 11 is 0. The molecule has 2 aromatic carbocycles. The lowest BCUT2D eigenvalue weighted by atomic mass is 10.1. The Kier molecular flexibility index (Phi) is 5.05. The first-order valence-electron chi connectivity index (χ1n) is 10.1.